The number of alkyl halides is 3. The zero-order valence-electron chi connectivity index (χ0n) is 19.2. The average Bonchev–Trinajstić information content (AvgIpc) is 3.07. The number of imide groups is 1. The van der Waals surface area contributed by atoms with Crippen molar-refractivity contribution in [2.45, 2.75) is 19.3 Å². The molecule has 0 saturated carbocycles. The van der Waals surface area contributed by atoms with Crippen molar-refractivity contribution in [3.63, 3.8) is 0 Å². The smallest absolute Gasteiger partial charge is 0.375 e. The quantitative estimate of drug-likeness (QED) is 0.317. The number of nitrogens with one attached hydrogen (secondary N) is 2. The second kappa shape index (κ2) is 11.1. The van der Waals surface area contributed by atoms with Crippen molar-refractivity contribution in [1.82, 2.24) is 10.2 Å². The van der Waals surface area contributed by atoms with Gasteiger partial charge in [0.25, 0.3) is 17.7 Å². The number of benzene rings is 3. The molecule has 2 N–H and O–H groups in total. The van der Waals surface area contributed by atoms with Gasteiger partial charge in [-0.3, -0.25) is 19.3 Å². The molecule has 0 unspecified atom stereocenters. The highest BCUT2D eigenvalue weighted by molar-refractivity contribution is 6.47. The van der Waals surface area contributed by atoms with Gasteiger partial charge in [-0.25, -0.2) is 0 Å². The number of hydrogen-bond acceptors (Lipinski definition) is 4. The lowest BCUT2D eigenvalue weighted by atomic mass is 10.1. The van der Waals surface area contributed by atoms with Crippen LogP contribution in [0, 0.1) is 0 Å². The molecule has 0 atom stereocenters. The first-order valence-corrected chi connectivity index (χ1v) is 12.1. The molecule has 196 valence electrons. The monoisotopic (exact) mass is 581 g/mol. The summed E-state index contributed by atoms with van der Waals surface area (Å²) in [4.78, 5) is 38.9. The van der Waals surface area contributed by atoms with E-state index in [0.717, 1.165) is 23.1 Å². The Morgan fingerprint density at radius 3 is 2.11 bits per heavy atom. The Balaban J connectivity index is 1.38. The Morgan fingerprint density at radius 1 is 0.842 bits per heavy atom. The van der Waals surface area contributed by atoms with Crippen molar-refractivity contribution in [2.75, 3.05) is 5.32 Å². The van der Waals surface area contributed by atoms with Crippen LogP contribution in [0.15, 0.2) is 77.5 Å². The highest BCUT2D eigenvalue weighted by Gasteiger charge is 2.37. The predicted octanol–water partition coefficient (Wildman–Crippen LogP) is 6.37. The second-order valence-electron chi connectivity index (χ2n) is 8.21. The van der Waals surface area contributed by atoms with Gasteiger partial charge in [-0.05, 0) is 53.6 Å². The van der Waals surface area contributed by atoms with Crippen LogP contribution in [0.4, 0.5) is 18.9 Å². The van der Waals surface area contributed by atoms with Gasteiger partial charge in [-0.2, -0.15) is 13.2 Å². The molecule has 1 aliphatic rings. The average molecular weight is 583 g/mol. The topological polar surface area (TPSA) is 78.5 Å². The first kappa shape index (κ1) is 27.5. The number of carbonyl (C=O) groups is 3. The maximum absolute atomic E-state index is 13.0. The second-order valence-corrected chi connectivity index (χ2v) is 9.43. The van der Waals surface area contributed by atoms with Crippen LogP contribution in [0.5, 0.6) is 0 Å². The summed E-state index contributed by atoms with van der Waals surface area (Å²) < 4.78 is 38.9. The van der Waals surface area contributed by atoms with Gasteiger partial charge in [-0.1, -0.05) is 59.1 Å². The molecule has 38 heavy (non-hydrogen) atoms. The molecule has 0 fully saturated rings. The fraction of sp³-hybridized carbons (Fsp3) is 0.115. The molecule has 3 aromatic rings. The molecule has 0 spiro atoms. The molecule has 1 heterocycles. The zero-order chi connectivity index (χ0) is 27.6. The van der Waals surface area contributed by atoms with Crippen molar-refractivity contribution in [2.24, 2.45) is 0 Å². The number of rotatable bonds is 7. The third-order valence-corrected chi connectivity index (χ3v) is 6.52. The first-order valence-electron chi connectivity index (χ1n) is 11.0. The SMILES string of the molecule is O=C(Nc1cc(C(F)(F)F)ccc1Cl)c1ccc(CNC2=C(Cl)C(=O)N(Cc3ccc(Cl)cc3)C2=O)cc1. The minimum absolute atomic E-state index is 0.0237. The Labute approximate surface area is 230 Å². The van der Waals surface area contributed by atoms with Crippen molar-refractivity contribution < 1.29 is 27.6 Å². The summed E-state index contributed by atoms with van der Waals surface area (Å²) in [7, 11) is 0. The van der Waals surface area contributed by atoms with Crippen molar-refractivity contribution in [3.8, 4) is 0 Å². The van der Waals surface area contributed by atoms with E-state index in [1.54, 1.807) is 36.4 Å². The molecule has 12 heteroatoms. The van der Waals surface area contributed by atoms with Crippen LogP contribution in [0.2, 0.25) is 10.0 Å². The van der Waals surface area contributed by atoms with Crippen molar-refractivity contribution in [1.29, 1.82) is 0 Å². The molecular formula is C26H17Cl3F3N3O3. The van der Waals surface area contributed by atoms with E-state index in [0.29, 0.717) is 16.1 Å². The summed E-state index contributed by atoms with van der Waals surface area (Å²) in [5, 5.41) is 5.47. The highest BCUT2D eigenvalue weighted by atomic mass is 35.5. The van der Waals surface area contributed by atoms with Gasteiger partial charge < -0.3 is 10.6 Å². The zero-order valence-corrected chi connectivity index (χ0v) is 21.5. The van der Waals surface area contributed by atoms with Gasteiger partial charge in [0.05, 0.1) is 22.8 Å². The lowest BCUT2D eigenvalue weighted by Crippen LogP contribution is -2.33. The van der Waals surface area contributed by atoms with E-state index in [2.05, 4.69) is 10.6 Å². The van der Waals surface area contributed by atoms with Gasteiger partial charge in [0.15, 0.2) is 0 Å². The summed E-state index contributed by atoms with van der Waals surface area (Å²) in [6, 6.07) is 15.4. The van der Waals surface area contributed by atoms with Crippen molar-refractivity contribution in [3.05, 3.63) is 110 Å². The van der Waals surface area contributed by atoms with Crippen molar-refractivity contribution >= 4 is 58.2 Å². The Morgan fingerprint density at radius 2 is 1.47 bits per heavy atom. The number of halogens is 6. The van der Waals surface area contributed by atoms with Gasteiger partial charge in [-0.15, -0.1) is 0 Å². The summed E-state index contributed by atoms with van der Waals surface area (Å²) in [5.41, 5.74) is 0.339. The largest absolute Gasteiger partial charge is 0.416 e. The molecule has 0 saturated heterocycles. The fourth-order valence-corrected chi connectivity index (χ4v) is 4.11. The van der Waals surface area contributed by atoms with Crippen LogP contribution in [-0.4, -0.2) is 22.6 Å². The Kier molecular flexibility index (Phi) is 8.01. The molecule has 0 radical (unpaired) electrons. The van der Waals surface area contributed by atoms with E-state index in [4.69, 9.17) is 34.8 Å². The van der Waals surface area contributed by atoms with Crippen LogP contribution in [0.3, 0.4) is 0 Å². The van der Waals surface area contributed by atoms with Crippen LogP contribution in [0.25, 0.3) is 0 Å². The Bertz CT molecular complexity index is 1440. The molecule has 6 nitrogen and oxygen atoms in total. The molecule has 4 rings (SSSR count). The molecular weight excluding hydrogens is 566 g/mol. The summed E-state index contributed by atoms with van der Waals surface area (Å²) in [5.74, 6) is -1.87. The number of anilines is 1. The van der Waals surface area contributed by atoms with Gasteiger partial charge in [0, 0.05) is 17.1 Å². The van der Waals surface area contributed by atoms with E-state index in [1.165, 1.54) is 12.1 Å². The molecule has 3 amide bonds. The number of carbonyl (C=O) groups excluding carboxylic acids is 3. The Hall–Kier alpha value is -3.53. The summed E-state index contributed by atoms with van der Waals surface area (Å²) in [6.07, 6.45) is -4.59. The number of amides is 3. The highest BCUT2D eigenvalue weighted by Crippen LogP contribution is 2.34. The van der Waals surface area contributed by atoms with Gasteiger partial charge in [0.1, 0.15) is 10.7 Å². The third kappa shape index (κ3) is 6.12. The van der Waals surface area contributed by atoms with Gasteiger partial charge in [0.2, 0.25) is 0 Å². The fourth-order valence-electron chi connectivity index (χ4n) is 3.57. The van der Waals surface area contributed by atoms with E-state index in [9.17, 15) is 27.6 Å². The van der Waals surface area contributed by atoms with Crippen LogP contribution < -0.4 is 10.6 Å². The predicted molar refractivity (Wildman–Crippen MR) is 138 cm³/mol. The summed E-state index contributed by atoms with van der Waals surface area (Å²) in [6.45, 7) is 0.136. The minimum Gasteiger partial charge on any atom is -0.375 e. The van der Waals surface area contributed by atoms with Crippen LogP contribution in [0.1, 0.15) is 27.0 Å². The third-order valence-electron chi connectivity index (χ3n) is 5.59. The molecule has 0 aliphatic carbocycles. The lowest BCUT2D eigenvalue weighted by Gasteiger charge is -2.15. The lowest BCUT2D eigenvalue weighted by molar-refractivity contribution is -0.139. The van der Waals surface area contributed by atoms with E-state index >= 15 is 0 Å². The molecule has 1 aliphatic heterocycles. The van der Waals surface area contributed by atoms with Gasteiger partial charge >= 0.3 is 6.18 Å². The van der Waals surface area contributed by atoms with Crippen LogP contribution >= 0.6 is 34.8 Å². The maximum Gasteiger partial charge on any atom is 0.416 e. The molecule has 0 bridgehead atoms. The number of hydrogen-bond donors (Lipinski definition) is 2. The van der Waals surface area contributed by atoms with E-state index in [-0.39, 0.29) is 40.1 Å². The van der Waals surface area contributed by atoms with Crippen LogP contribution in [-0.2, 0) is 28.9 Å². The van der Waals surface area contributed by atoms with E-state index < -0.39 is 29.5 Å². The molecule has 3 aromatic carbocycles. The standard InChI is InChI=1S/C26H17Cl3F3N3O3/c27-18-8-3-15(4-9-18)13-35-24(37)21(29)22(25(35)38)33-12-14-1-5-16(6-2-14)23(36)34-20-11-17(26(30,31)32)7-10-19(20)28/h1-11,33H,12-13H2,(H,34,36). The normalized spacial score (nSPS) is 13.8. The first-order chi connectivity index (χ1) is 17.9. The summed E-state index contributed by atoms with van der Waals surface area (Å²) >= 11 is 17.9. The van der Waals surface area contributed by atoms with E-state index in [1.807, 2.05) is 0 Å². The minimum atomic E-state index is -4.59. The maximum atomic E-state index is 13.0. The number of nitrogens with zero attached hydrogens (tertiary/aromatic N) is 1. The molecule has 0 aromatic heterocycles.